The Kier molecular flexibility index (Phi) is 6.08. The van der Waals surface area contributed by atoms with Gasteiger partial charge in [0.15, 0.2) is 16.7 Å². The van der Waals surface area contributed by atoms with Crippen molar-refractivity contribution in [2.24, 2.45) is 0 Å². The number of carbonyl (C=O) groups is 2. The molecule has 1 aliphatic rings. The zero-order valence-electron chi connectivity index (χ0n) is 16.7. The zero-order valence-corrected chi connectivity index (χ0v) is 17.5. The van der Waals surface area contributed by atoms with Crippen LogP contribution in [0.4, 0.5) is 9.52 Å². The number of amides is 2. The number of benzene rings is 2. The van der Waals surface area contributed by atoms with Gasteiger partial charge in [0.1, 0.15) is 0 Å². The van der Waals surface area contributed by atoms with Gasteiger partial charge >= 0.3 is 0 Å². The molecule has 2 aromatic carbocycles. The Morgan fingerprint density at radius 1 is 1.19 bits per heavy atom. The summed E-state index contributed by atoms with van der Waals surface area (Å²) in [4.78, 5) is 28.5. The van der Waals surface area contributed by atoms with Crippen LogP contribution in [0.3, 0.4) is 0 Å². The first-order chi connectivity index (χ1) is 15.0. The number of nitrogens with zero attached hydrogens (tertiary/aromatic N) is 1. The Hall–Kier alpha value is -3.52. The van der Waals surface area contributed by atoms with E-state index >= 15 is 0 Å². The summed E-state index contributed by atoms with van der Waals surface area (Å²) in [6.45, 7) is 0. The molecule has 0 atom stereocenters. The topological polar surface area (TPSA) is 80.3 Å². The first-order valence-electron chi connectivity index (χ1n) is 9.71. The molecule has 0 radical (unpaired) electrons. The van der Waals surface area contributed by atoms with Crippen molar-refractivity contribution in [3.63, 3.8) is 0 Å². The number of nitrogens with one attached hydrogen (secondary N) is 2. The zero-order chi connectivity index (χ0) is 21.8. The third-order valence-electron chi connectivity index (χ3n) is 4.69. The SMILES string of the molecule is COc1ccc(-c2csc(NC(=O)/C=C/c3ccc(C(=O)NC4CC4)cc3)n2)cc1F. The highest BCUT2D eigenvalue weighted by molar-refractivity contribution is 7.14. The van der Waals surface area contributed by atoms with Crippen LogP contribution in [0.25, 0.3) is 17.3 Å². The van der Waals surface area contributed by atoms with Crippen LogP contribution in [0, 0.1) is 5.82 Å². The van der Waals surface area contributed by atoms with Gasteiger partial charge in [-0.3, -0.25) is 14.9 Å². The molecule has 2 amide bonds. The number of methoxy groups -OCH3 is 1. The Morgan fingerprint density at radius 2 is 1.97 bits per heavy atom. The molecule has 1 fully saturated rings. The predicted molar refractivity (Wildman–Crippen MR) is 119 cm³/mol. The van der Waals surface area contributed by atoms with Gasteiger partial charge in [0.25, 0.3) is 5.91 Å². The molecule has 1 saturated carbocycles. The molecule has 0 bridgehead atoms. The maximum Gasteiger partial charge on any atom is 0.251 e. The fourth-order valence-corrected chi connectivity index (χ4v) is 3.57. The number of carbonyl (C=O) groups excluding carboxylic acids is 2. The molecule has 3 aromatic rings. The van der Waals surface area contributed by atoms with Gasteiger partial charge in [-0.1, -0.05) is 12.1 Å². The second-order valence-electron chi connectivity index (χ2n) is 7.08. The molecule has 8 heteroatoms. The highest BCUT2D eigenvalue weighted by Crippen LogP contribution is 2.28. The first-order valence-corrected chi connectivity index (χ1v) is 10.6. The summed E-state index contributed by atoms with van der Waals surface area (Å²) < 4.78 is 18.8. The highest BCUT2D eigenvalue weighted by Gasteiger charge is 2.23. The molecule has 4 rings (SSSR count). The number of anilines is 1. The van der Waals surface area contributed by atoms with Gasteiger partial charge in [0.2, 0.25) is 5.91 Å². The minimum atomic E-state index is -0.474. The molecule has 0 unspecified atom stereocenters. The molecule has 6 nitrogen and oxygen atoms in total. The van der Waals surface area contributed by atoms with Crippen molar-refractivity contribution in [3.05, 3.63) is 70.9 Å². The van der Waals surface area contributed by atoms with Crippen molar-refractivity contribution in [3.8, 4) is 17.0 Å². The van der Waals surface area contributed by atoms with E-state index in [1.54, 1.807) is 41.8 Å². The summed E-state index contributed by atoms with van der Waals surface area (Å²) in [5.41, 5.74) is 2.55. The molecule has 31 heavy (non-hydrogen) atoms. The van der Waals surface area contributed by atoms with Crippen molar-refractivity contribution in [2.75, 3.05) is 12.4 Å². The Morgan fingerprint density at radius 3 is 2.65 bits per heavy atom. The minimum absolute atomic E-state index is 0.0768. The van der Waals surface area contributed by atoms with Crippen LogP contribution < -0.4 is 15.4 Å². The fraction of sp³-hybridized carbons (Fsp3) is 0.174. The van der Waals surface area contributed by atoms with Gasteiger partial charge in [-0.2, -0.15) is 0 Å². The smallest absolute Gasteiger partial charge is 0.251 e. The Labute approximate surface area is 182 Å². The summed E-state index contributed by atoms with van der Waals surface area (Å²) in [5.74, 6) is -0.726. The van der Waals surface area contributed by atoms with E-state index in [0.29, 0.717) is 28.0 Å². The molecule has 0 aliphatic heterocycles. The van der Waals surface area contributed by atoms with E-state index in [1.165, 1.54) is 36.7 Å². The Balaban J connectivity index is 1.35. The summed E-state index contributed by atoms with van der Waals surface area (Å²) in [6.07, 6.45) is 5.14. The third kappa shape index (κ3) is 5.35. The lowest BCUT2D eigenvalue weighted by Gasteiger charge is -2.03. The van der Waals surface area contributed by atoms with Crippen molar-refractivity contribution in [2.45, 2.75) is 18.9 Å². The number of hydrogen-bond acceptors (Lipinski definition) is 5. The van der Waals surface area contributed by atoms with Crippen LogP contribution in [0.1, 0.15) is 28.8 Å². The average Bonchev–Trinajstić information content (AvgIpc) is 3.47. The number of thiazole rings is 1. The molecule has 0 saturated heterocycles. The molecule has 1 heterocycles. The molecule has 158 valence electrons. The molecule has 2 N–H and O–H groups in total. The van der Waals surface area contributed by atoms with E-state index in [-0.39, 0.29) is 17.6 Å². The largest absolute Gasteiger partial charge is 0.494 e. The van der Waals surface area contributed by atoms with Gasteiger partial charge in [0.05, 0.1) is 12.8 Å². The molecule has 0 spiro atoms. The van der Waals surface area contributed by atoms with Crippen LogP contribution in [0.15, 0.2) is 53.9 Å². The Bertz CT molecular complexity index is 1140. The normalized spacial score (nSPS) is 13.2. The highest BCUT2D eigenvalue weighted by atomic mass is 32.1. The monoisotopic (exact) mass is 437 g/mol. The number of halogens is 1. The van der Waals surface area contributed by atoms with Crippen molar-refractivity contribution in [1.29, 1.82) is 0 Å². The van der Waals surface area contributed by atoms with Gasteiger partial charge < -0.3 is 10.1 Å². The number of rotatable bonds is 7. The van der Waals surface area contributed by atoms with Gasteiger partial charge in [-0.25, -0.2) is 9.37 Å². The predicted octanol–water partition coefficient (Wildman–Crippen LogP) is 4.50. The number of aromatic nitrogens is 1. The van der Waals surface area contributed by atoms with Crippen LogP contribution in [-0.4, -0.2) is 29.9 Å². The summed E-state index contributed by atoms with van der Waals surface area (Å²) in [6, 6.07) is 11.9. The van der Waals surface area contributed by atoms with Crippen LogP contribution in [0.5, 0.6) is 5.75 Å². The van der Waals surface area contributed by atoms with Crippen LogP contribution in [-0.2, 0) is 4.79 Å². The molecular formula is C23H20FN3O3S. The molecular weight excluding hydrogens is 417 g/mol. The van der Waals surface area contributed by atoms with E-state index in [0.717, 1.165) is 18.4 Å². The lowest BCUT2D eigenvalue weighted by atomic mass is 10.1. The van der Waals surface area contributed by atoms with Gasteiger partial charge in [0, 0.05) is 28.6 Å². The van der Waals surface area contributed by atoms with Crippen molar-refractivity contribution in [1.82, 2.24) is 10.3 Å². The lowest BCUT2D eigenvalue weighted by Crippen LogP contribution is -2.25. The van der Waals surface area contributed by atoms with E-state index in [4.69, 9.17) is 4.74 Å². The second kappa shape index (κ2) is 9.09. The van der Waals surface area contributed by atoms with Gasteiger partial charge in [-0.05, 0) is 54.8 Å². The van der Waals surface area contributed by atoms with Crippen LogP contribution >= 0.6 is 11.3 Å². The van der Waals surface area contributed by atoms with Crippen molar-refractivity contribution >= 4 is 34.4 Å². The van der Waals surface area contributed by atoms with Crippen molar-refractivity contribution < 1.29 is 18.7 Å². The average molecular weight is 437 g/mol. The third-order valence-corrected chi connectivity index (χ3v) is 5.45. The van der Waals surface area contributed by atoms with E-state index in [9.17, 15) is 14.0 Å². The first kappa shape index (κ1) is 20.7. The summed E-state index contributed by atoms with van der Waals surface area (Å²) in [7, 11) is 1.41. The number of ether oxygens (including phenoxy) is 1. The molecule has 1 aliphatic carbocycles. The molecule has 1 aromatic heterocycles. The summed E-state index contributed by atoms with van der Waals surface area (Å²) >= 11 is 1.25. The quantitative estimate of drug-likeness (QED) is 0.534. The second-order valence-corrected chi connectivity index (χ2v) is 7.94. The standard InChI is InChI=1S/C23H20FN3O3S/c1-30-20-10-7-16(12-18(20)24)19-13-31-23(26-19)27-21(28)11-4-14-2-5-15(6-3-14)22(29)25-17-8-9-17/h2-7,10-13,17H,8-9H2,1H3,(H,25,29)(H,26,27,28)/b11-4+. The maximum atomic E-state index is 13.9. The maximum absolute atomic E-state index is 13.9. The number of hydrogen-bond donors (Lipinski definition) is 2. The minimum Gasteiger partial charge on any atom is -0.494 e. The van der Waals surface area contributed by atoms with E-state index in [1.807, 2.05) is 0 Å². The van der Waals surface area contributed by atoms with E-state index < -0.39 is 5.82 Å². The van der Waals surface area contributed by atoms with Gasteiger partial charge in [-0.15, -0.1) is 11.3 Å². The lowest BCUT2D eigenvalue weighted by molar-refractivity contribution is -0.111. The summed E-state index contributed by atoms with van der Waals surface area (Å²) in [5, 5.41) is 7.78. The van der Waals surface area contributed by atoms with E-state index in [2.05, 4.69) is 15.6 Å². The fourth-order valence-electron chi connectivity index (χ4n) is 2.85. The van der Waals surface area contributed by atoms with Crippen LogP contribution in [0.2, 0.25) is 0 Å².